The molecule has 0 aliphatic rings. The molecule has 0 aromatic heterocycles. The van der Waals surface area contributed by atoms with Crippen LogP contribution in [0, 0.1) is 10.1 Å². The predicted molar refractivity (Wildman–Crippen MR) is 159 cm³/mol. The molecule has 0 bridgehead atoms. The zero-order valence-corrected chi connectivity index (χ0v) is 24.2. The molecule has 39 heavy (non-hydrogen) atoms. The number of nitrogens with two attached hydrogens (primary N) is 1. The molecular weight excluding hydrogens is 492 g/mol. The van der Waals surface area contributed by atoms with Crippen LogP contribution in [0.4, 0.5) is 11.4 Å². The van der Waals surface area contributed by atoms with Gasteiger partial charge in [-0.1, -0.05) is 96.6 Å². The molecule has 0 unspecified atom stereocenters. The lowest BCUT2D eigenvalue weighted by molar-refractivity contribution is -0.386. The van der Waals surface area contributed by atoms with Crippen molar-refractivity contribution in [3.8, 4) is 16.9 Å². The summed E-state index contributed by atoms with van der Waals surface area (Å²) in [5.74, 6) is -0.183. The highest BCUT2D eigenvalue weighted by molar-refractivity contribution is 5.90. The Kier molecular flexibility index (Phi) is 15.0. The topological polar surface area (TPSA) is 105 Å². The first-order chi connectivity index (χ1) is 18.9. The maximum atomic E-state index is 12.4. The minimum absolute atomic E-state index is 0.121. The number of anilines is 1. The standard InChI is InChI=1S/C32H48N2O5/c1-4-6-8-10-11-12-13-14-16-22-38-32(35)27-20-18-26(19-21-27)28-23-30(34(36)37)31(24-29(28)33)39-25(3)17-15-9-7-5-2/h18-21,23-25H,4-17,22,33H2,1-3H3/t25-/m0/s1. The van der Waals surface area contributed by atoms with Gasteiger partial charge in [-0.15, -0.1) is 0 Å². The molecule has 0 saturated heterocycles. The highest BCUT2D eigenvalue weighted by Gasteiger charge is 2.21. The molecule has 2 aromatic carbocycles. The van der Waals surface area contributed by atoms with E-state index in [1.165, 1.54) is 63.5 Å². The van der Waals surface area contributed by atoms with Gasteiger partial charge in [0.2, 0.25) is 0 Å². The lowest BCUT2D eigenvalue weighted by Crippen LogP contribution is -2.13. The van der Waals surface area contributed by atoms with E-state index in [1.54, 1.807) is 24.3 Å². The number of nitrogens with zero attached hydrogens (tertiary/aromatic N) is 1. The Labute approximate surface area is 234 Å². The highest BCUT2D eigenvalue weighted by Crippen LogP contribution is 2.38. The van der Waals surface area contributed by atoms with Crippen LogP contribution in [-0.4, -0.2) is 23.6 Å². The van der Waals surface area contributed by atoms with Crippen molar-refractivity contribution in [2.75, 3.05) is 12.3 Å². The maximum absolute atomic E-state index is 12.4. The molecule has 0 fully saturated rings. The zero-order chi connectivity index (χ0) is 28.5. The van der Waals surface area contributed by atoms with Crippen molar-refractivity contribution in [3.63, 3.8) is 0 Å². The molecule has 216 valence electrons. The number of rotatable bonds is 20. The Bertz CT molecular complexity index is 1010. The fraction of sp³-hybridized carbons (Fsp3) is 0.594. The van der Waals surface area contributed by atoms with Crippen molar-refractivity contribution >= 4 is 17.3 Å². The quantitative estimate of drug-likeness (QED) is 0.0590. The van der Waals surface area contributed by atoms with E-state index in [9.17, 15) is 14.9 Å². The van der Waals surface area contributed by atoms with E-state index in [2.05, 4.69) is 13.8 Å². The molecule has 7 heteroatoms. The summed E-state index contributed by atoms with van der Waals surface area (Å²) in [5, 5.41) is 11.8. The van der Waals surface area contributed by atoms with Crippen molar-refractivity contribution in [3.05, 3.63) is 52.1 Å². The predicted octanol–water partition coefficient (Wildman–Crippen LogP) is 9.27. The van der Waals surface area contributed by atoms with Gasteiger partial charge in [-0.2, -0.15) is 0 Å². The molecule has 0 heterocycles. The molecule has 7 nitrogen and oxygen atoms in total. The first-order valence-corrected chi connectivity index (χ1v) is 14.9. The second-order valence-electron chi connectivity index (χ2n) is 10.5. The van der Waals surface area contributed by atoms with E-state index in [-0.39, 0.29) is 23.5 Å². The van der Waals surface area contributed by atoms with E-state index in [0.717, 1.165) is 38.5 Å². The number of carbonyl (C=O) groups excluding carboxylic acids is 1. The average molecular weight is 541 g/mol. The van der Waals surface area contributed by atoms with Crippen molar-refractivity contribution in [1.29, 1.82) is 0 Å². The summed E-state index contributed by atoms with van der Waals surface area (Å²) in [5.41, 5.74) is 8.21. The van der Waals surface area contributed by atoms with Crippen molar-refractivity contribution in [2.45, 2.75) is 117 Å². The minimum atomic E-state index is -0.444. The number of carbonyl (C=O) groups is 1. The largest absolute Gasteiger partial charge is 0.484 e. The summed E-state index contributed by atoms with van der Waals surface area (Å²) >= 11 is 0. The summed E-state index contributed by atoms with van der Waals surface area (Å²) < 4.78 is 11.3. The van der Waals surface area contributed by atoms with E-state index >= 15 is 0 Å². The molecule has 0 aliphatic carbocycles. The van der Waals surface area contributed by atoms with Crippen LogP contribution in [0.2, 0.25) is 0 Å². The van der Waals surface area contributed by atoms with Crippen LogP contribution in [0.1, 0.15) is 121 Å². The molecule has 0 radical (unpaired) electrons. The second-order valence-corrected chi connectivity index (χ2v) is 10.5. The Morgan fingerprint density at radius 1 is 0.872 bits per heavy atom. The molecule has 1 atom stereocenters. The number of unbranched alkanes of at least 4 members (excludes halogenated alkanes) is 11. The highest BCUT2D eigenvalue weighted by atomic mass is 16.6. The Hall–Kier alpha value is -3.09. The summed E-state index contributed by atoms with van der Waals surface area (Å²) in [4.78, 5) is 23.8. The van der Waals surface area contributed by atoms with Gasteiger partial charge >= 0.3 is 11.7 Å². The van der Waals surface area contributed by atoms with Crippen LogP contribution >= 0.6 is 0 Å². The molecular formula is C32H48N2O5. The average Bonchev–Trinajstić information content (AvgIpc) is 2.92. The normalized spacial score (nSPS) is 11.8. The Morgan fingerprint density at radius 3 is 2.03 bits per heavy atom. The van der Waals surface area contributed by atoms with E-state index in [0.29, 0.717) is 29.0 Å². The zero-order valence-electron chi connectivity index (χ0n) is 24.2. The second kappa shape index (κ2) is 18.2. The number of hydrogen-bond donors (Lipinski definition) is 1. The first-order valence-electron chi connectivity index (χ1n) is 14.9. The van der Waals surface area contributed by atoms with Gasteiger partial charge in [0, 0.05) is 23.4 Å². The SMILES string of the molecule is CCCCCCCCCCCOC(=O)c1ccc(-c2cc([N+](=O)[O-])c(O[C@@H](C)CCCCCC)cc2N)cc1. The van der Waals surface area contributed by atoms with Gasteiger partial charge in [-0.25, -0.2) is 4.79 Å². The van der Waals surface area contributed by atoms with Gasteiger partial charge in [-0.05, 0) is 43.9 Å². The molecule has 0 spiro atoms. The number of hydrogen-bond acceptors (Lipinski definition) is 6. The van der Waals surface area contributed by atoms with E-state index in [1.807, 2.05) is 6.92 Å². The molecule has 0 amide bonds. The summed E-state index contributed by atoms with van der Waals surface area (Å²) in [6.07, 6.45) is 16.0. The van der Waals surface area contributed by atoms with Gasteiger partial charge in [0.1, 0.15) is 0 Å². The van der Waals surface area contributed by atoms with Crippen LogP contribution < -0.4 is 10.5 Å². The van der Waals surface area contributed by atoms with Crippen molar-refractivity contribution in [2.24, 2.45) is 0 Å². The third-order valence-corrected chi connectivity index (χ3v) is 7.03. The van der Waals surface area contributed by atoms with Gasteiger partial charge in [-0.3, -0.25) is 10.1 Å². The summed E-state index contributed by atoms with van der Waals surface area (Å²) in [6.45, 7) is 6.72. The summed E-state index contributed by atoms with van der Waals surface area (Å²) in [6, 6.07) is 9.79. The number of esters is 1. The van der Waals surface area contributed by atoms with Crippen molar-refractivity contribution in [1.82, 2.24) is 0 Å². The van der Waals surface area contributed by atoms with Crippen LogP contribution in [0.5, 0.6) is 5.75 Å². The smallest absolute Gasteiger partial charge is 0.338 e. The minimum Gasteiger partial charge on any atom is -0.484 e. The third-order valence-electron chi connectivity index (χ3n) is 7.03. The number of ether oxygens (including phenoxy) is 2. The van der Waals surface area contributed by atoms with Gasteiger partial charge in [0.05, 0.1) is 23.2 Å². The van der Waals surface area contributed by atoms with Crippen LogP contribution in [0.25, 0.3) is 11.1 Å². The Balaban J connectivity index is 1.90. The lowest BCUT2D eigenvalue weighted by Gasteiger charge is -2.16. The number of nitro groups is 1. The molecule has 0 aliphatic heterocycles. The first kappa shape index (κ1) is 32.1. The monoisotopic (exact) mass is 540 g/mol. The fourth-order valence-corrected chi connectivity index (χ4v) is 4.65. The summed E-state index contributed by atoms with van der Waals surface area (Å²) in [7, 11) is 0. The van der Waals surface area contributed by atoms with Crippen LogP contribution in [-0.2, 0) is 4.74 Å². The molecule has 2 rings (SSSR count). The molecule has 0 saturated carbocycles. The Morgan fingerprint density at radius 2 is 1.44 bits per heavy atom. The molecule has 2 N–H and O–H groups in total. The lowest BCUT2D eigenvalue weighted by atomic mass is 10.0. The fourth-order valence-electron chi connectivity index (χ4n) is 4.65. The maximum Gasteiger partial charge on any atom is 0.338 e. The molecule has 2 aromatic rings. The number of nitro benzene ring substituents is 1. The van der Waals surface area contributed by atoms with E-state index < -0.39 is 4.92 Å². The van der Waals surface area contributed by atoms with Gasteiger partial charge in [0.15, 0.2) is 5.75 Å². The van der Waals surface area contributed by atoms with Crippen molar-refractivity contribution < 1.29 is 19.2 Å². The van der Waals surface area contributed by atoms with Crippen LogP contribution in [0.3, 0.4) is 0 Å². The third kappa shape index (κ3) is 11.7. The van der Waals surface area contributed by atoms with Gasteiger partial charge < -0.3 is 15.2 Å². The van der Waals surface area contributed by atoms with Gasteiger partial charge in [0.25, 0.3) is 0 Å². The number of nitrogen functional groups attached to an aromatic ring is 1. The number of benzene rings is 2. The van der Waals surface area contributed by atoms with E-state index in [4.69, 9.17) is 15.2 Å². The van der Waals surface area contributed by atoms with Crippen LogP contribution in [0.15, 0.2) is 36.4 Å².